The van der Waals surface area contributed by atoms with Gasteiger partial charge in [-0.15, -0.1) is 0 Å². The normalized spacial score (nSPS) is 16.9. The molecule has 0 atom stereocenters. The van der Waals surface area contributed by atoms with Crippen LogP contribution in [-0.2, 0) is 0 Å². The Kier molecular flexibility index (Phi) is 2.93. The molecule has 0 aliphatic heterocycles. The van der Waals surface area contributed by atoms with Gasteiger partial charge in [-0.1, -0.05) is 54.6 Å². The molecule has 1 aromatic rings. The first kappa shape index (κ1) is 9.66. The highest BCUT2D eigenvalue weighted by Gasteiger charge is 2.02. The number of hydrogen-bond acceptors (Lipinski definition) is 1. The zero-order chi connectivity index (χ0) is 10.5. The summed E-state index contributed by atoms with van der Waals surface area (Å²) >= 11 is 0. The fourth-order valence-corrected chi connectivity index (χ4v) is 1.49. The summed E-state index contributed by atoms with van der Waals surface area (Å²) in [6, 6.07) is 9.33. The molecule has 15 heavy (non-hydrogen) atoms. The van der Waals surface area contributed by atoms with Crippen molar-refractivity contribution in [1.82, 2.24) is 0 Å². The van der Waals surface area contributed by atoms with Crippen LogP contribution in [0.4, 0.5) is 0 Å². The Bertz CT molecular complexity index is 436. The predicted molar refractivity (Wildman–Crippen MR) is 61.8 cm³/mol. The molecule has 0 radical (unpaired) electrons. The Balaban J connectivity index is 2.17. The van der Waals surface area contributed by atoms with Gasteiger partial charge in [0.1, 0.15) is 0 Å². The van der Waals surface area contributed by atoms with Gasteiger partial charge in [0.25, 0.3) is 0 Å². The second-order valence-corrected chi connectivity index (χ2v) is 3.44. The van der Waals surface area contributed by atoms with E-state index in [0.29, 0.717) is 0 Å². The molecule has 0 amide bonds. The van der Waals surface area contributed by atoms with Gasteiger partial charge in [0.05, 0.1) is 0 Å². The number of carbonyl (C=O) groups is 1. The maximum Gasteiger partial charge on any atom is 0.186 e. The molecular weight excluding hydrogens is 184 g/mol. The van der Waals surface area contributed by atoms with E-state index in [4.69, 9.17) is 0 Å². The molecule has 0 saturated carbocycles. The van der Waals surface area contributed by atoms with Crippen molar-refractivity contribution in [3.05, 3.63) is 71.8 Å². The Morgan fingerprint density at radius 2 is 1.93 bits per heavy atom. The third kappa shape index (κ3) is 2.53. The summed E-state index contributed by atoms with van der Waals surface area (Å²) in [5.74, 6) is 0.0746. The monoisotopic (exact) mass is 196 g/mol. The third-order valence-electron chi connectivity index (χ3n) is 2.29. The summed E-state index contributed by atoms with van der Waals surface area (Å²) in [7, 11) is 0. The molecule has 1 aromatic carbocycles. The van der Waals surface area contributed by atoms with Crippen LogP contribution >= 0.6 is 0 Å². The molecule has 0 unspecified atom stereocenters. The lowest BCUT2D eigenvalue weighted by atomic mass is 10.0. The van der Waals surface area contributed by atoms with Crippen LogP contribution in [0.25, 0.3) is 0 Å². The van der Waals surface area contributed by atoms with Crippen molar-refractivity contribution in [1.29, 1.82) is 0 Å². The van der Waals surface area contributed by atoms with Gasteiger partial charge in [-0.3, -0.25) is 4.79 Å². The number of allylic oxidation sites excluding steroid dienone is 6. The Morgan fingerprint density at radius 1 is 1.13 bits per heavy atom. The van der Waals surface area contributed by atoms with Gasteiger partial charge in [-0.05, 0) is 18.1 Å². The van der Waals surface area contributed by atoms with Crippen LogP contribution in [0.5, 0.6) is 0 Å². The van der Waals surface area contributed by atoms with Crippen molar-refractivity contribution in [3.63, 3.8) is 0 Å². The minimum absolute atomic E-state index is 0.0746. The van der Waals surface area contributed by atoms with Crippen molar-refractivity contribution >= 4 is 5.78 Å². The van der Waals surface area contributed by atoms with Gasteiger partial charge in [0, 0.05) is 5.56 Å². The van der Waals surface area contributed by atoms with E-state index >= 15 is 0 Å². The van der Waals surface area contributed by atoms with E-state index in [9.17, 15) is 4.79 Å². The Hall–Kier alpha value is -1.89. The molecule has 1 aliphatic rings. The average molecular weight is 196 g/mol. The van der Waals surface area contributed by atoms with Gasteiger partial charge in [-0.25, -0.2) is 0 Å². The van der Waals surface area contributed by atoms with E-state index in [-0.39, 0.29) is 5.78 Å². The number of ketones is 1. The summed E-state index contributed by atoms with van der Waals surface area (Å²) < 4.78 is 0. The van der Waals surface area contributed by atoms with Crippen LogP contribution in [-0.4, -0.2) is 5.78 Å². The van der Waals surface area contributed by atoms with Gasteiger partial charge in [0.15, 0.2) is 5.78 Å². The van der Waals surface area contributed by atoms with Crippen LogP contribution in [0.15, 0.2) is 66.3 Å². The number of hydrogen-bond donors (Lipinski definition) is 0. The van der Waals surface area contributed by atoms with Crippen LogP contribution in [0.3, 0.4) is 0 Å². The molecule has 0 aromatic heterocycles. The topological polar surface area (TPSA) is 17.1 Å². The van der Waals surface area contributed by atoms with Crippen molar-refractivity contribution in [3.8, 4) is 0 Å². The van der Waals surface area contributed by atoms with Crippen LogP contribution in [0, 0.1) is 0 Å². The van der Waals surface area contributed by atoms with Crippen LogP contribution < -0.4 is 0 Å². The summed E-state index contributed by atoms with van der Waals surface area (Å²) in [5.41, 5.74) is 1.80. The highest BCUT2D eigenvalue weighted by atomic mass is 16.1. The largest absolute Gasteiger partial charge is 0.289 e. The third-order valence-corrected chi connectivity index (χ3v) is 2.29. The molecule has 1 aliphatic carbocycles. The lowest BCUT2D eigenvalue weighted by Crippen LogP contribution is -1.95. The minimum atomic E-state index is 0.0746. The van der Waals surface area contributed by atoms with Crippen molar-refractivity contribution < 1.29 is 4.79 Å². The molecule has 1 nitrogen and oxygen atoms in total. The lowest BCUT2D eigenvalue weighted by molar-refractivity contribution is 0.104. The Morgan fingerprint density at radius 3 is 2.60 bits per heavy atom. The van der Waals surface area contributed by atoms with E-state index < -0.39 is 0 Å². The van der Waals surface area contributed by atoms with Gasteiger partial charge in [-0.2, -0.15) is 0 Å². The molecule has 0 heterocycles. The zero-order valence-electron chi connectivity index (χ0n) is 8.39. The van der Waals surface area contributed by atoms with E-state index in [1.165, 1.54) is 0 Å². The number of benzene rings is 1. The molecule has 74 valence electrons. The van der Waals surface area contributed by atoms with E-state index in [1.807, 2.05) is 54.6 Å². The molecule has 1 heteroatoms. The second kappa shape index (κ2) is 4.56. The van der Waals surface area contributed by atoms with Gasteiger partial charge >= 0.3 is 0 Å². The Labute approximate surface area is 89.4 Å². The highest BCUT2D eigenvalue weighted by Crippen LogP contribution is 2.11. The van der Waals surface area contributed by atoms with E-state index in [2.05, 4.69) is 0 Å². The standard InChI is InChI=1S/C14H12O/c15-14(13-9-5-2-6-10-13)11-12-7-3-1-4-8-12/h1-7,9-11H,8H2. The summed E-state index contributed by atoms with van der Waals surface area (Å²) in [4.78, 5) is 11.8. The fourth-order valence-electron chi connectivity index (χ4n) is 1.49. The smallest absolute Gasteiger partial charge is 0.186 e. The first-order valence-corrected chi connectivity index (χ1v) is 4.99. The highest BCUT2D eigenvalue weighted by molar-refractivity contribution is 6.05. The fraction of sp³-hybridized carbons (Fsp3) is 0.0714. The molecule has 2 rings (SSSR count). The molecule has 0 spiro atoms. The van der Waals surface area contributed by atoms with Gasteiger partial charge in [0.2, 0.25) is 0 Å². The minimum Gasteiger partial charge on any atom is -0.289 e. The molecular formula is C14H12O. The van der Waals surface area contributed by atoms with Crippen LogP contribution in [0.2, 0.25) is 0 Å². The SMILES string of the molecule is O=C(C=C1C=CC=CC1)c1ccccc1. The van der Waals surface area contributed by atoms with Crippen molar-refractivity contribution in [2.75, 3.05) is 0 Å². The summed E-state index contributed by atoms with van der Waals surface area (Å²) in [6.07, 6.45) is 10.5. The predicted octanol–water partition coefficient (Wildman–Crippen LogP) is 3.31. The van der Waals surface area contributed by atoms with Crippen LogP contribution in [0.1, 0.15) is 16.8 Å². The maximum atomic E-state index is 11.8. The first-order chi connectivity index (χ1) is 7.36. The van der Waals surface area contributed by atoms with Crippen molar-refractivity contribution in [2.24, 2.45) is 0 Å². The van der Waals surface area contributed by atoms with Crippen molar-refractivity contribution in [2.45, 2.75) is 6.42 Å². The molecule has 0 N–H and O–H groups in total. The summed E-state index contributed by atoms with van der Waals surface area (Å²) in [5, 5.41) is 0. The quantitative estimate of drug-likeness (QED) is 0.524. The lowest BCUT2D eigenvalue weighted by Gasteiger charge is -2.01. The maximum absolute atomic E-state index is 11.8. The second-order valence-electron chi connectivity index (χ2n) is 3.44. The first-order valence-electron chi connectivity index (χ1n) is 4.99. The number of rotatable bonds is 2. The molecule has 0 saturated heterocycles. The number of carbonyl (C=O) groups excluding carboxylic acids is 1. The van der Waals surface area contributed by atoms with E-state index in [1.54, 1.807) is 6.08 Å². The molecule has 0 bridgehead atoms. The molecule has 0 fully saturated rings. The zero-order valence-corrected chi connectivity index (χ0v) is 8.39. The average Bonchev–Trinajstić information content (AvgIpc) is 2.31. The van der Waals surface area contributed by atoms with E-state index in [0.717, 1.165) is 17.6 Å². The van der Waals surface area contributed by atoms with Gasteiger partial charge < -0.3 is 0 Å². The summed E-state index contributed by atoms with van der Waals surface area (Å²) in [6.45, 7) is 0.